The van der Waals surface area contributed by atoms with Gasteiger partial charge in [-0.3, -0.25) is 4.79 Å². The lowest BCUT2D eigenvalue weighted by Crippen LogP contribution is -2.05. The Morgan fingerprint density at radius 3 is 2.94 bits per heavy atom. The minimum absolute atomic E-state index is 0.192. The molecule has 0 spiro atoms. The zero-order chi connectivity index (χ0) is 13.1. The molecule has 0 radical (unpaired) electrons. The van der Waals surface area contributed by atoms with Crippen LogP contribution in [0.2, 0.25) is 0 Å². The first-order valence-electron chi connectivity index (χ1n) is 5.17. The molecule has 0 bridgehead atoms. The molecule has 0 aliphatic rings. The molecule has 0 aliphatic carbocycles. The second-order valence-corrected chi connectivity index (χ2v) is 4.42. The van der Waals surface area contributed by atoms with Crippen LogP contribution in [0, 0.1) is 5.82 Å². The Balaban J connectivity index is 2.38. The number of thiazole rings is 1. The number of methoxy groups -OCH3 is 1. The minimum Gasteiger partial charge on any atom is -0.496 e. The van der Waals surface area contributed by atoms with Gasteiger partial charge in [-0.15, -0.1) is 11.3 Å². The van der Waals surface area contributed by atoms with Gasteiger partial charge in [0, 0.05) is 17.9 Å². The lowest BCUT2D eigenvalue weighted by atomic mass is 10.1. The highest BCUT2D eigenvalue weighted by Gasteiger charge is 2.11. The van der Waals surface area contributed by atoms with Crippen LogP contribution in [0.3, 0.4) is 0 Å². The molecule has 0 saturated carbocycles. The predicted octanol–water partition coefficient (Wildman–Crippen LogP) is 2.92. The van der Waals surface area contributed by atoms with Crippen molar-refractivity contribution in [3.8, 4) is 17.0 Å². The number of carbonyl (C=O) groups is 1. The Bertz CT molecular complexity index is 583. The van der Waals surface area contributed by atoms with Gasteiger partial charge in [-0.1, -0.05) is 0 Å². The summed E-state index contributed by atoms with van der Waals surface area (Å²) < 4.78 is 18.4. The number of amides is 1. The summed E-state index contributed by atoms with van der Waals surface area (Å²) in [5.41, 5.74) is 1.13. The van der Waals surface area contributed by atoms with Crippen LogP contribution in [0.5, 0.6) is 5.75 Å². The third kappa shape index (κ3) is 2.65. The van der Waals surface area contributed by atoms with Crippen molar-refractivity contribution in [3.05, 3.63) is 29.4 Å². The zero-order valence-corrected chi connectivity index (χ0v) is 10.7. The lowest BCUT2D eigenvalue weighted by Gasteiger charge is -2.05. The number of rotatable bonds is 3. The molecule has 1 aromatic carbocycles. The average Bonchev–Trinajstić information content (AvgIpc) is 2.76. The number of anilines is 1. The van der Waals surface area contributed by atoms with Crippen LogP contribution in [0.25, 0.3) is 11.3 Å². The Hall–Kier alpha value is -1.95. The molecule has 6 heteroatoms. The molecule has 2 aromatic rings. The van der Waals surface area contributed by atoms with Crippen molar-refractivity contribution in [2.24, 2.45) is 0 Å². The van der Waals surface area contributed by atoms with Gasteiger partial charge in [-0.05, 0) is 18.2 Å². The Morgan fingerprint density at radius 1 is 1.50 bits per heavy atom. The zero-order valence-electron chi connectivity index (χ0n) is 9.86. The van der Waals surface area contributed by atoms with Gasteiger partial charge in [0.05, 0.1) is 12.8 Å². The van der Waals surface area contributed by atoms with Gasteiger partial charge in [-0.2, -0.15) is 0 Å². The number of ether oxygens (including phenoxy) is 1. The Labute approximate surface area is 107 Å². The van der Waals surface area contributed by atoms with Gasteiger partial charge < -0.3 is 10.1 Å². The standard InChI is InChI=1S/C12H11FN2O2S/c1-7(16)14-12-15-10(6-18-12)9-5-8(13)3-4-11(9)17-2/h3-6H,1-2H3,(H,14,15,16). The quantitative estimate of drug-likeness (QED) is 0.929. The molecule has 0 atom stereocenters. The summed E-state index contributed by atoms with van der Waals surface area (Å²) in [6.45, 7) is 1.41. The van der Waals surface area contributed by atoms with Gasteiger partial charge in [0.1, 0.15) is 11.6 Å². The van der Waals surface area contributed by atoms with Crippen LogP contribution >= 0.6 is 11.3 Å². The van der Waals surface area contributed by atoms with Gasteiger partial charge in [0.15, 0.2) is 5.13 Å². The van der Waals surface area contributed by atoms with Crippen molar-refractivity contribution in [3.63, 3.8) is 0 Å². The van der Waals surface area contributed by atoms with Crippen LogP contribution in [0.15, 0.2) is 23.6 Å². The maximum Gasteiger partial charge on any atom is 0.223 e. The van der Waals surface area contributed by atoms with E-state index in [1.165, 1.54) is 37.5 Å². The van der Waals surface area contributed by atoms with E-state index in [2.05, 4.69) is 10.3 Å². The van der Waals surface area contributed by atoms with E-state index in [1.54, 1.807) is 11.4 Å². The molecule has 0 saturated heterocycles. The molecule has 4 nitrogen and oxygen atoms in total. The number of hydrogen-bond donors (Lipinski definition) is 1. The van der Waals surface area contributed by atoms with Crippen LogP contribution < -0.4 is 10.1 Å². The molecule has 2 rings (SSSR count). The van der Waals surface area contributed by atoms with E-state index in [4.69, 9.17) is 4.74 Å². The number of hydrogen-bond acceptors (Lipinski definition) is 4. The summed E-state index contributed by atoms with van der Waals surface area (Å²) in [5.74, 6) is -0.0157. The normalized spacial score (nSPS) is 10.2. The number of aromatic nitrogens is 1. The van der Waals surface area contributed by atoms with Crippen molar-refractivity contribution in [2.75, 3.05) is 12.4 Å². The number of carbonyl (C=O) groups excluding carboxylic acids is 1. The first-order valence-corrected chi connectivity index (χ1v) is 6.05. The van der Waals surface area contributed by atoms with Gasteiger partial charge >= 0.3 is 0 Å². The smallest absolute Gasteiger partial charge is 0.223 e. The molecular formula is C12H11FN2O2S. The van der Waals surface area contributed by atoms with Crippen molar-refractivity contribution < 1.29 is 13.9 Å². The van der Waals surface area contributed by atoms with Gasteiger partial charge in [0.25, 0.3) is 0 Å². The van der Waals surface area contributed by atoms with Crippen LogP contribution in [0.4, 0.5) is 9.52 Å². The first-order chi connectivity index (χ1) is 8.60. The molecule has 18 heavy (non-hydrogen) atoms. The van der Waals surface area contributed by atoms with E-state index in [0.29, 0.717) is 22.1 Å². The molecule has 0 aliphatic heterocycles. The summed E-state index contributed by atoms with van der Waals surface area (Å²) in [5, 5.41) is 4.80. The fourth-order valence-corrected chi connectivity index (χ4v) is 2.24. The molecule has 0 unspecified atom stereocenters. The van der Waals surface area contributed by atoms with Gasteiger partial charge in [0.2, 0.25) is 5.91 Å². The van der Waals surface area contributed by atoms with Crippen molar-refractivity contribution in [1.29, 1.82) is 0 Å². The highest BCUT2D eigenvalue weighted by Crippen LogP contribution is 2.32. The van der Waals surface area contributed by atoms with Crippen LogP contribution in [-0.4, -0.2) is 18.0 Å². The highest BCUT2D eigenvalue weighted by atomic mass is 32.1. The van der Waals surface area contributed by atoms with Crippen LogP contribution in [0.1, 0.15) is 6.92 Å². The van der Waals surface area contributed by atoms with E-state index in [0.717, 1.165) is 0 Å². The van der Waals surface area contributed by atoms with E-state index in [-0.39, 0.29) is 11.7 Å². The molecule has 1 N–H and O–H groups in total. The monoisotopic (exact) mass is 266 g/mol. The number of nitrogens with zero attached hydrogens (tertiary/aromatic N) is 1. The number of benzene rings is 1. The van der Waals surface area contributed by atoms with Crippen molar-refractivity contribution in [1.82, 2.24) is 4.98 Å². The van der Waals surface area contributed by atoms with E-state index in [1.807, 2.05) is 0 Å². The van der Waals surface area contributed by atoms with Crippen molar-refractivity contribution in [2.45, 2.75) is 6.92 Å². The molecule has 1 amide bonds. The second kappa shape index (κ2) is 5.14. The van der Waals surface area contributed by atoms with Crippen molar-refractivity contribution >= 4 is 22.4 Å². The summed E-state index contributed by atoms with van der Waals surface area (Å²) in [6.07, 6.45) is 0. The fourth-order valence-electron chi connectivity index (χ4n) is 1.49. The summed E-state index contributed by atoms with van der Waals surface area (Å²) >= 11 is 1.28. The molecule has 0 fully saturated rings. The summed E-state index contributed by atoms with van der Waals surface area (Å²) in [6, 6.07) is 4.22. The topological polar surface area (TPSA) is 51.2 Å². The summed E-state index contributed by atoms with van der Waals surface area (Å²) in [7, 11) is 1.51. The largest absolute Gasteiger partial charge is 0.496 e. The average molecular weight is 266 g/mol. The maximum atomic E-state index is 13.2. The lowest BCUT2D eigenvalue weighted by molar-refractivity contribution is -0.114. The molecule has 1 heterocycles. The third-order valence-electron chi connectivity index (χ3n) is 2.22. The highest BCUT2D eigenvalue weighted by molar-refractivity contribution is 7.14. The molecule has 94 valence electrons. The van der Waals surface area contributed by atoms with E-state index >= 15 is 0 Å². The molecule has 1 aromatic heterocycles. The minimum atomic E-state index is -0.361. The SMILES string of the molecule is COc1ccc(F)cc1-c1csc(NC(C)=O)n1. The number of nitrogens with one attached hydrogen (secondary N) is 1. The predicted molar refractivity (Wildman–Crippen MR) is 68.4 cm³/mol. The maximum absolute atomic E-state index is 13.2. The summed E-state index contributed by atoms with van der Waals surface area (Å²) in [4.78, 5) is 15.1. The third-order valence-corrected chi connectivity index (χ3v) is 2.98. The fraction of sp³-hybridized carbons (Fsp3) is 0.167. The van der Waals surface area contributed by atoms with Crippen LogP contribution in [-0.2, 0) is 4.79 Å². The second-order valence-electron chi connectivity index (χ2n) is 3.56. The Kier molecular flexibility index (Phi) is 3.57. The number of halogens is 1. The molecular weight excluding hydrogens is 255 g/mol. The Morgan fingerprint density at radius 2 is 2.28 bits per heavy atom. The van der Waals surface area contributed by atoms with E-state index in [9.17, 15) is 9.18 Å². The van der Waals surface area contributed by atoms with Gasteiger partial charge in [-0.25, -0.2) is 9.37 Å². The first kappa shape index (κ1) is 12.5. The van der Waals surface area contributed by atoms with E-state index < -0.39 is 0 Å².